The van der Waals surface area contributed by atoms with Crippen molar-refractivity contribution >= 4 is 27.5 Å². The van der Waals surface area contributed by atoms with Gasteiger partial charge in [-0.3, -0.25) is 13.9 Å². The first-order valence-corrected chi connectivity index (χ1v) is 15.4. The van der Waals surface area contributed by atoms with E-state index in [4.69, 9.17) is 14.2 Å². The van der Waals surface area contributed by atoms with E-state index in [0.717, 1.165) is 27.4 Å². The van der Waals surface area contributed by atoms with E-state index >= 15 is 0 Å². The maximum absolute atomic E-state index is 14.2. The molecule has 10 nitrogen and oxygen atoms in total. The number of aryl methyl sites for hydroxylation is 2. The number of hydrogen-bond donors (Lipinski definition) is 1. The van der Waals surface area contributed by atoms with Crippen LogP contribution < -0.4 is 23.8 Å². The van der Waals surface area contributed by atoms with Crippen molar-refractivity contribution in [2.45, 2.75) is 51.6 Å². The number of anilines is 1. The fourth-order valence-electron chi connectivity index (χ4n) is 4.67. The molecule has 0 aliphatic rings. The minimum absolute atomic E-state index is 0.0633. The van der Waals surface area contributed by atoms with Gasteiger partial charge in [-0.15, -0.1) is 0 Å². The second-order valence-electron chi connectivity index (χ2n) is 10.2. The van der Waals surface area contributed by atoms with Crippen molar-refractivity contribution in [3.8, 4) is 17.2 Å². The van der Waals surface area contributed by atoms with E-state index in [1.54, 1.807) is 44.4 Å². The Kier molecular flexibility index (Phi) is 11.4. The first-order valence-electron chi connectivity index (χ1n) is 14.0. The van der Waals surface area contributed by atoms with Gasteiger partial charge in [0.2, 0.25) is 11.8 Å². The smallest absolute Gasteiger partial charge is 0.264 e. The van der Waals surface area contributed by atoms with Crippen LogP contribution in [0.25, 0.3) is 0 Å². The van der Waals surface area contributed by atoms with Gasteiger partial charge in [0.15, 0.2) is 11.5 Å². The van der Waals surface area contributed by atoms with Crippen LogP contribution in [-0.4, -0.2) is 65.6 Å². The third-order valence-electron chi connectivity index (χ3n) is 6.92. The minimum Gasteiger partial charge on any atom is -0.497 e. The molecule has 0 aromatic heterocycles. The van der Waals surface area contributed by atoms with Crippen LogP contribution in [0.15, 0.2) is 65.6 Å². The monoisotopic (exact) mass is 611 g/mol. The van der Waals surface area contributed by atoms with Crippen molar-refractivity contribution in [1.29, 1.82) is 0 Å². The van der Waals surface area contributed by atoms with E-state index in [1.807, 2.05) is 32.9 Å². The maximum atomic E-state index is 14.2. The van der Waals surface area contributed by atoms with Gasteiger partial charge in [0, 0.05) is 19.2 Å². The highest BCUT2D eigenvalue weighted by molar-refractivity contribution is 7.92. The van der Waals surface area contributed by atoms with Crippen molar-refractivity contribution < 1.29 is 32.2 Å². The largest absolute Gasteiger partial charge is 0.497 e. The predicted molar refractivity (Wildman–Crippen MR) is 166 cm³/mol. The van der Waals surface area contributed by atoms with Crippen LogP contribution in [0, 0.1) is 13.8 Å². The SMILES string of the molecule is CCCNC(=O)C(C)N(Cc1cccc(OC)c1)C(=O)CN(c1cc(C)cc(C)c1)S(=O)(=O)c1ccc(OC)c(OC)c1. The van der Waals surface area contributed by atoms with Crippen LogP contribution in [-0.2, 0) is 26.2 Å². The number of methoxy groups -OCH3 is 3. The molecule has 3 aromatic carbocycles. The van der Waals surface area contributed by atoms with Crippen molar-refractivity contribution in [3.05, 3.63) is 77.4 Å². The number of benzene rings is 3. The average Bonchev–Trinajstić information content (AvgIpc) is 2.99. The van der Waals surface area contributed by atoms with Crippen molar-refractivity contribution in [2.24, 2.45) is 0 Å². The Morgan fingerprint density at radius 2 is 1.56 bits per heavy atom. The fourth-order valence-corrected chi connectivity index (χ4v) is 6.09. The van der Waals surface area contributed by atoms with Crippen molar-refractivity contribution in [3.63, 3.8) is 0 Å². The molecule has 0 radical (unpaired) electrons. The highest BCUT2D eigenvalue weighted by Crippen LogP contribution is 2.33. The fraction of sp³-hybridized carbons (Fsp3) is 0.375. The normalized spacial score (nSPS) is 11.8. The van der Waals surface area contributed by atoms with E-state index < -0.39 is 28.5 Å². The van der Waals surface area contributed by atoms with E-state index in [-0.39, 0.29) is 23.1 Å². The van der Waals surface area contributed by atoms with Crippen LogP contribution in [0.3, 0.4) is 0 Å². The summed E-state index contributed by atoms with van der Waals surface area (Å²) in [6.45, 7) is 7.25. The second-order valence-corrected chi connectivity index (χ2v) is 12.1. The summed E-state index contributed by atoms with van der Waals surface area (Å²) in [5.74, 6) is 0.313. The summed E-state index contributed by atoms with van der Waals surface area (Å²) in [6, 6.07) is 15.9. The number of sulfonamides is 1. The topological polar surface area (TPSA) is 114 Å². The number of amides is 2. The Labute approximate surface area is 254 Å². The van der Waals surface area contributed by atoms with E-state index in [9.17, 15) is 18.0 Å². The molecule has 0 saturated heterocycles. The lowest BCUT2D eigenvalue weighted by molar-refractivity contribution is -0.139. The van der Waals surface area contributed by atoms with Gasteiger partial charge in [0.25, 0.3) is 10.0 Å². The maximum Gasteiger partial charge on any atom is 0.264 e. The molecule has 1 atom stereocenters. The quantitative estimate of drug-likeness (QED) is 0.286. The summed E-state index contributed by atoms with van der Waals surface area (Å²) < 4.78 is 45.5. The number of carbonyl (C=O) groups is 2. The van der Waals surface area contributed by atoms with Gasteiger partial charge in [0.1, 0.15) is 18.3 Å². The van der Waals surface area contributed by atoms with Crippen LogP contribution in [0.4, 0.5) is 5.69 Å². The molecule has 232 valence electrons. The standard InChI is InChI=1S/C32H41N3O7S/c1-8-14-33-32(37)24(4)34(20-25-10-9-11-27(18-25)40-5)31(36)21-35(26-16-22(2)15-23(3)17-26)43(38,39)28-12-13-29(41-6)30(19-28)42-7/h9-13,15-19,24H,8,14,20-21H2,1-7H3,(H,33,37). The number of nitrogens with one attached hydrogen (secondary N) is 1. The summed E-state index contributed by atoms with van der Waals surface area (Å²) in [5, 5.41) is 2.84. The van der Waals surface area contributed by atoms with Gasteiger partial charge in [-0.05, 0) is 80.3 Å². The van der Waals surface area contributed by atoms with Crippen molar-refractivity contribution in [2.75, 3.05) is 38.7 Å². The first-order chi connectivity index (χ1) is 20.4. The van der Waals surface area contributed by atoms with Crippen LogP contribution in [0.2, 0.25) is 0 Å². The molecule has 0 bridgehead atoms. The Balaban J connectivity index is 2.10. The third kappa shape index (κ3) is 8.19. The molecule has 0 fully saturated rings. The third-order valence-corrected chi connectivity index (χ3v) is 8.69. The molecule has 3 rings (SSSR count). The van der Waals surface area contributed by atoms with Gasteiger partial charge in [-0.25, -0.2) is 8.42 Å². The molecule has 0 saturated carbocycles. The van der Waals surface area contributed by atoms with Crippen LogP contribution >= 0.6 is 0 Å². The zero-order valence-corrected chi connectivity index (χ0v) is 26.7. The van der Waals surface area contributed by atoms with E-state index in [1.165, 1.54) is 37.3 Å². The lowest BCUT2D eigenvalue weighted by Gasteiger charge is -2.32. The molecule has 1 unspecified atom stereocenters. The van der Waals surface area contributed by atoms with Crippen molar-refractivity contribution in [1.82, 2.24) is 10.2 Å². The summed E-state index contributed by atoms with van der Waals surface area (Å²) >= 11 is 0. The molecule has 0 aliphatic carbocycles. The first kappa shape index (κ1) is 33.3. The van der Waals surface area contributed by atoms with Crippen LogP contribution in [0.1, 0.15) is 37.0 Å². The average molecular weight is 612 g/mol. The van der Waals surface area contributed by atoms with E-state index in [0.29, 0.717) is 23.7 Å². The number of carbonyl (C=O) groups excluding carboxylic acids is 2. The zero-order chi connectivity index (χ0) is 31.7. The highest BCUT2D eigenvalue weighted by atomic mass is 32.2. The van der Waals surface area contributed by atoms with E-state index in [2.05, 4.69) is 5.32 Å². The highest BCUT2D eigenvalue weighted by Gasteiger charge is 2.33. The lowest BCUT2D eigenvalue weighted by atomic mass is 10.1. The molecule has 0 spiro atoms. The van der Waals surface area contributed by atoms with Gasteiger partial charge in [-0.1, -0.05) is 25.1 Å². The molecule has 1 N–H and O–H groups in total. The number of ether oxygens (including phenoxy) is 3. The minimum atomic E-state index is -4.29. The molecular formula is C32H41N3O7S. The predicted octanol–water partition coefficient (Wildman–Crippen LogP) is 4.47. The molecule has 3 aromatic rings. The Morgan fingerprint density at radius 1 is 0.884 bits per heavy atom. The molecule has 2 amide bonds. The molecule has 0 aliphatic heterocycles. The van der Waals surface area contributed by atoms with Gasteiger partial charge >= 0.3 is 0 Å². The molecular weight excluding hydrogens is 570 g/mol. The number of hydrogen-bond acceptors (Lipinski definition) is 7. The Bertz CT molecular complexity index is 1520. The summed E-state index contributed by atoms with van der Waals surface area (Å²) in [7, 11) is 0.135. The van der Waals surface area contributed by atoms with Gasteiger partial charge in [0.05, 0.1) is 31.9 Å². The summed E-state index contributed by atoms with van der Waals surface area (Å²) in [6.07, 6.45) is 0.729. The molecule has 11 heteroatoms. The number of nitrogens with zero attached hydrogens (tertiary/aromatic N) is 2. The Hall–Kier alpha value is -4.25. The summed E-state index contributed by atoms with van der Waals surface area (Å²) in [4.78, 5) is 28.5. The summed E-state index contributed by atoms with van der Waals surface area (Å²) in [5.41, 5.74) is 2.71. The van der Waals surface area contributed by atoms with Crippen LogP contribution in [0.5, 0.6) is 17.2 Å². The molecule has 0 heterocycles. The van der Waals surface area contributed by atoms with Gasteiger partial charge in [-0.2, -0.15) is 0 Å². The Morgan fingerprint density at radius 3 is 2.16 bits per heavy atom. The second kappa shape index (κ2) is 14.8. The zero-order valence-electron chi connectivity index (χ0n) is 25.8. The molecule has 43 heavy (non-hydrogen) atoms. The lowest BCUT2D eigenvalue weighted by Crippen LogP contribution is -2.51. The number of rotatable bonds is 14. The van der Waals surface area contributed by atoms with Gasteiger partial charge < -0.3 is 24.4 Å².